The number of β-amino-alcohol motifs (C(OH)–C–C–N with tert-alkyl or cyclic N) is 1. The van der Waals surface area contributed by atoms with Crippen LogP contribution in [0.5, 0.6) is 0 Å². The number of rotatable bonds is 10. The Morgan fingerprint density at radius 2 is 1.33 bits per heavy atom. The fourth-order valence-corrected chi connectivity index (χ4v) is 2.95. The topological polar surface area (TPSA) is 104 Å². The number of nitrogens with zero attached hydrogens (tertiary/aromatic N) is 1. The molecule has 1 aliphatic rings. The first-order valence-corrected chi connectivity index (χ1v) is 8.11. The predicted molar refractivity (Wildman–Crippen MR) is 79.9 cm³/mol. The molecular weight excluding hydrogens is 274 g/mol. The Kier molecular flexibility index (Phi) is 9.39. The van der Waals surface area contributed by atoms with Gasteiger partial charge in [-0.05, 0) is 19.4 Å². The highest BCUT2D eigenvalue weighted by Gasteiger charge is 2.40. The summed E-state index contributed by atoms with van der Waals surface area (Å²) in [4.78, 5) is 1.87. The van der Waals surface area contributed by atoms with Crippen LogP contribution < -0.4 is 0 Å². The molecular formula is C15H31NO5. The van der Waals surface area contributed by atoms with Crippen LogP contribution >= 0.6 is 0 Å². The van der Waals surface area contributed by atoms with Crippen molar-refractivity contribution in [3.05, 3.63) is 0 Å². The van der Waals surface area contributed by atoms with Crippen molar-refractivity contribution >= 4 is 0 Å². The fourth-order valence-electron chi connectivity index (χ4n) is 2.95. The van der Waals surface area contributed by atoms with Crippen LogP contribution in [-0.2, 0) is 0 Å². The van der Waals surface area contributed by atoms with Gasteiger partial charge in [-0.2, -0.15) is 0 Å². The van der Waals surface area contributed by atoms with Gasteiger partial charge in [0.2, 0.25) is 0 Å². The van der Waals surface area contributed by atoms with Crippen molar-refractivity contribution in [2.24, 2.45) is 0 Å². The molecule has 0 spiro atoms. The number of unbranched alkanes of at least 4 members (excludes halogenated alkanes) is 6. The lowest BCUT2D eigenvalue weighted by Crippen LogP contribution is -2.62. The van der Waals surface area contributed by atoms with Crippen LogP contribution in [0.2, 0.25) is 0 Å². The molecule has 1 fully saturated rings. The number of likely N-dealkylation sites (tertiary alicyclic amines) is 1. The van der Waals surface area contributed by atoms with Crippen LogP contribution in [0.1, 0.15) is 44.9 Å². The van der Waals surface area contributed by atoms with E-state index in [0.29, 0.717) is 13.1 Å². The maximum atomic E-state index is 9.87. The van der Waals surface area contributed by atoms with Crippen molar-refractivity contribution < 1.29 is 25.5 Å². The first-order chi connectivity index (χ1) is 10.1. The van der Waals surface area contributed by atoms with Crippen molar-refractivity contribution in [2.75, 3.05) is 26.3 Å². The minimum atomic E-state index is -1.18. The lowest BCUT2D eigenvalue weighted by molar-refractivity contribution is -0.145. The van der Waals surface area contributed by atoms with E-state index in [4.69, 9.17) is 5.11 Å². The van der Waals surface area contributed by atoms with Gasteiger partial charge >= 0.3 is 0 Å². The van der Waals surface area contributed by atoms with Gasteiger partial charge in [0.15, 0.2) is 0 Å². The molecule has 0 aromatic heterocycles. The minimum absolute atomic E-state index is 0.216. The third kappa shape index (κ3) is 6.18. The molecule has 4 atom stereocenters. The monoisotopic (exact) mass is 305 g/mol. The van der Waals surface area contributed by atoms with Crippen LogP contribution in [0, 0.1) is 0 Å². The summed E-state index contributed by atoms with van der Waals surface area (Å²) >= 11 is 0. The highest BCUT2D eigenvalue weighted by molar-refractivity contribution is 4.93. The number of hydrogen-bond acceptors (Lipinski definition) is 6. The van der Waals surface area contributed by atoms with Gasteiger partial charge in [-0.15, -0.1) is 0 Å². The number of aliphatic hydroxyl groups is 5. The lowest BCUT2D eigenvalue weighted by Gasteiger charge is -2.43. The average molecular weight is 305 g/mol. The van der Waals surface area contributed by atoms with E-state index in [1.807, 2.05) is 4.90 Å². The van der Waals surface area contributed by atoms with E-state index in [-0.39, 0.29) is 13.2 Å². The molecule has 21 heavy (non-hydrogen) atoms. The predicted octanol–water partition coefficient (Wildman–Crippen LogP) is -0.531. The maximum Gasteiger partial charge on any atom is 0.109 e. The average Bonchev–Trinajstić information content (AvgIpc) is 2.48. The molecule has 1 heterocycles. The summed E-state index contributed by atoms with van der Waals surface area (Å²) in [5, 5.41) is 47.2. The van der Waals surface area contributed by atoms with E-state index in [1.165, 1.54) is 0 Å². The Labute approximate surface area is 127 Å². The molecule has 0 aromatic carbocycles. The van der Waals surface area contributed by atoms with E-state index in [2.05, 4.69) is 0 Å². The highest BCUT2D eigenvalue weighted by Crippen LogP contribution is 2.19. The molecule has 6 heteroatoms. The number of piperidine rings is 1. The molecule has 126 valence electrons. The summed E-state index contributed by atoms with van der Waals surface area (Å²) in [6.07, 6.45) is 4.19. The third-order valence-electron chi connectivity index (χ3n) is 4.32. The zero-order valence-corrected chi connectivity index (χ0v) is 12.8. The van der Waals surface area contributed by atoms with E-state index in [0.717, 1.165) is 44.9 Å². The van der Waals surface area contributed by atoms with E-state index < -0.39 is 24.4 Å². The van der Waals surface area contributed by atoms with Gasteiger partial charge in [-0.1, -0.05) is 32.1 Å². The molecule has 0 saturated carbocycles. The molecule has 4 unspecified atom stereocenters. The molecule has 0 bridgehead atoms. The van der Waals surface area contributed by atoms with Crippen molar-refractivity contribution in [1.29, 1.82) is 0 Å². The second-order valence-electron chi connectivity index (χ2n) is 5.99. The summed E-state index contributed by atoms with van der Waals surface area (Å²) in [6.45, 7) is 1.06. The molecule has 0 aromatic rings. The number of hydrogen-bond donors (Lipinski definition) is 5. The second kappa shape index (κ2) is 10.5. The minimum Gasteiger partial charge on any atom is -0.396 e. The van der Waals surface area contributed by atoms with Crippen LogP contribution in [0.4, 0.5) is 0 Å². The first-order valence-electron chi connectivity index (χ1n) is 8.11. The second-order valence-corrected chi connectivity index (χ2v) is 5.99. The van der Waals surface area contributed by atoms with E-state index >= 15 is 0 Å². The zero-order chi connectivity index (χ0) is 15.7. The normalized spacial score (nSPS) is 30.7. The van der Waals surface area contributed by atoms with Gasteiger partial charge in [-0.25, -0.2) is 0 Å². The highest BCUT2D eigenvalue weighted by atomic mass is 16.4. The largest absolute Gasteiger partial charge is 0.396 e. The smallest absolute Gasteiger partial charge is 0.109 e. The Morgan fingerprint density at radius 1 is 0.762 bits per heavy atom. The third-order valence-corrected chi connectivity index (χ3v) is 4.32. The van der Waals surface area contributed by atoms with Gasteiger partial charge in [0.1, 0.15) is 12.2 Å². The van der Waals surface area contributed by atoms with Crippen LogP contribution in [0.25, 0.3) is 0 Å². The standard InChI is InChI=1S/C15H31NO5/c17-9-7-5-3-1-2-4-6-8-16-10-13(19)15(21)14(20)12(16)11-18/h12-15,17-21H,1-11H2. The summed E-state index contributed by atoms with van der Waals surface area (Å²) < 4.78 is 0. The molecule has 5 N–H and O–H groups in total. The summed E-state index contributed by atoms with van der Waals surface area (Å²) in [5.41, 5.74) is 0. The molecule has 1 rings (SSSR count). The van der Waals surface area contributed by atoms with Gasteiger partial charge in [0.05, 0.1) is 18.8 Å². The Balaban J connectivity index is 2.18. The molecule has 0 aliphatic carbocycles. The van der Waals surface area contributed by atoms with Crippen LogP contribution in [0.15, 0.2) is 0 Å². The summed E-state index contributed by atoms with van der Waals surface area (Å²) in [7, 11) is 0. The fraction of sp³-hybridized carbons (Fsp3) is 1.00. The van der Waals surface area contributed by atoms with Crippen molar-refractivity contribution in [3.8, 4) is 0 Å². The summed E-state index contributed by atoms with van der Waals surface area (Å²) in [5.74, 6) is 0. The van der Waals surface area contributed by atoms with E-state index in [9.17, 15) is 20.4 Å². The molecule has 1 aliphatic heterocycles. The maximum absolute atomic E-state index is 9.87. The zero-order valence-electron chi connectivity index (χ0n) is 12.8. The molecule has 1 saturated heterocycles. The first kappa shape index (κ1) is 18.8. The van der Waals surface area contributed by atoms with Gasteiger partial charge in [-0.3, -0.25) is 4.90 Å². The van der Waals surface area contributed by atoms with Gasteiger partial charge in [0.25, 0.3) is 0 Å². The van der Waals surface area contributed by atoms with Crippen molar-refractivity contribution in [1.82, 2.24) is 4.90 Å². The Bertz CT molecular complexity index is 266. The summed E-state index contributed by atoms with van der Waals surface area (Å²) in [6, 6.07) is -0.493. The Hall–Kier alpha value is -0.240. The van der Waals surface area contributed by atoms with Gasteiger partial charge < -0.3 is 25.5 Å². The quantitative estimate of drug-likeness (QED) is 0.348. The lowest BCUT2D eigenvalue weighted by atomic mass is 9.94. The van der Waals surface area contributed by atoms with Crippen molar-refractivity contribution in [3.63, 3.8) is 0 Å². The van der Waals surface area contributed by atoms with Crippen molar-refractivity contribution in [2.45, 2.75) is 69.3 Å². The van der Waals surface area contributed by atoms with Crippen LogP contribution in [-0.4, -0.2) is 81.1 Å². The van der Waals surface area contributed by atoms with Gasteiger partial charge in [0, 0.05) is 13.2 Å². The van der Waals surface area contributed by atoms with Crippen LogP contribution in [0.3, 0.4) is 0 Å². The number of aliphatic hydroxyl groups excluding tert-OH is 5. The molecule has 6 nitrogen and oxygen atoms in total. The molecule has 0 radical (unpaired) electrons. The SMILES string of the molecule is OCCCCCCCCCN1CC(O)C(O)C(O)C1CO. The van der Waals surface area contributed by atoms with E-state index in [1.54, 1.807) is 0 Å². The Morgan fingerprint density at radius 3 is 1.90 bits per heavy atom. The molecule has 0 amide bonds.